The number of carbonyl (C=O) groups excluding carboxylic acids is 2. The summed E-state index contributed by atoms with van der Waals surface area (Å²) >= 11 is 0. The third-order valence-electron chi connectivity index (χ3n) is 20.7. The molecule has 23 nitrogen and oxygen atoms in total. The molecule has 0 aromatic heterocycles. The van der Waals surface area contributed by atoms with Gasteiger partial charge in [-0.2, -0.15) is 0 Å². The van der Waals surface area contributed by atoms with Gasteiger partial charge in [-0.1, -0.05) is 59.3 Å². The topological polar surface area (TPSA) is 368 Å². The Morgan fingerprint density at radius 3 is 1.99 bits per heavy atom. The molecule has 0 amide bonds. The van der Waals surface area contributed by atoms with Gasteiger partial charge in [0.1, 0.15) is 73.2 Å². The summed E-state index contributed by atoms with van der Waals surface area (Å²) in [6.07, 6.45) is -23.5. The Labute approximate surface area is 448 Å². The molecule has 0 spiro atoms. The van der Waals surface area contributed by atoms with E-state index < -0.39 is 193 Å². The number of aliphatic hydroxyl groups is 11. The third-order valence-corrected chi connectivity index (χ3v) is 20.7. The number of rotatable bonds is 13. The van der Waals surface area contributed by atoms with E-state index in [0.29, 0.717) is 37.7 Å². The van der Waals surface area contributed by atoms with Gasteiger partial charge in [-0.05, 0) is 92.8 Å². The molecule has 0 aromatic rings. The molecule has 3 heterocycles. The van der Waals surface area contributed by atoms with E-state index >= 15 is 0 Å². The minimum atomic E-state index is -2.11. The lowest BCUT2D eigenvalue weighted by Crippen LogP contribution is -2.72. The maximum absolute atomic E-state index is 13.4. The fraction of sp³-hybridized carbons (Fsp3) is 0.870. The number of esters is 2. The van der Waals surface area contributed by atoms with Gasteiger partial charge in [0.25, 0.3) is 0 Å². The Morgan fingerprint density at radius 1 is 0.714 bits per heavy atom. The highest BCUT2D eigenvalue weighted by Crippen LogP contribution is 2.76. The number of hydrogen-bond acceptors (Lipinski definition) is 22. The molecular formula is C54H84O23. The Kier molecular flexibility index (Phi) is 17.1. The molecule has 4 saturated carbocycles. The molecule has 0 bridgehead atoms. The molecule has 0 unspecified atom stereocenters. The first-order valence-electron chi connectivity index (χ1n) is 27.1. The van der Waals surface area contributed by atoms with Crippen molar-refractivity contribution < 1.29 is 114 Å². The zero-order valence-electron chi connectivity index (χ0n) is 45.4. The standard InChI is InChI=1S/C54H84O23/c1-10-23(2)45(69)77-42-43(71-24(3)58)54(22-57)26(17-49(42,4)5)25-11-12-30-50(6)15-14-32(51(7,21-56)29(50)13-16-52(30,8)53(25,9)18-31(54)60)73-48-40(75-46-36(64)33(61)27(59)20-70-46)38(66)39(41(76-48)44(67)68)74-47-37(65)35(63)34(62)28(19-55)72-47/h10-11,26-43,46-48,55-57,59-66H,12-22H2,1-9H3,(H,67,68)/b23-10+/t26-,27+,28+,29+,30+,31+,32-,33-,34+,35-,36+,37+,38-,39-,40+,41-,42-,43-,46-,47-,48+,50-,51+,52+,53+,54-/m0/s1. The zero-order valence-corrected chi connectivity index (χ0v) is 45.4. The van der Waals surface area contributed by atoms with E-state index in [4.69, 9.17) is 37.9 Å². The van der Waals surface area contributed by atoms with Gasteiger partial charge in [-0.15, -0.1) is 0 Å². The summed E-state index contributed by atoms with van der Waals surface area (Å²) in [5, 5.41) is 132. The van der Waals surface area contributed by atoms with Crippen molar-refractivity contribution in [2.75, 3.05) is 26.4 Å². The number of carboxylic acids is 1. The molecule has 5 aliphatic carbocycles. The van der Waals surface area contributed by atoms with Gasteiger partial charge in [0, 0.05) is 23.3 Å². The normalized spacial score (nSPS) is 50.7. The summed E-state index contributed by atoms with van der Waals surface area (Å²) in [7, 11) is 0. The molecule has 0 aromatic carbocycles. The lowest BCUT2D eigenvalue weighted by molar-refractivity contribution is -0.387. The van der Waals surface area contributed by atoms with Crippen LogP contribution in [0.5, 0.6) is 0 Å². The van der Waals surface area contributed by atoms with E-state index in [2.05, 4.69) is 26.8 Å². The van der Waals surface area contributed by atoms with Crippen LogP contribution in [0, 0.1) is 50.2 Å². The molecule has 3 saturated heterocycles. The van der Waals surface area contributed by atoms with Crippen LogP contribution in [-0.4, -0.2) is 216 Å². The molecule has 8 rings (SSSR count). The number of hydrogen-bond donors (Lipinski definition) is 12. The average Bonchev–Trinajstić information content (AvgIpc) is 3.56. The highest BCUT2D eigenvalue weighted by atomic mass is 16.8. The summed E-state index contributed by atoms with van der Waals surface area (Å²) in [5.74, 6) is -3.76. The SMILES string of the molecule is C/C=C(\C)C(=O)O[C@H]1[C@H](OC(C)=O)[C@]2(CO)[C@H](O)C[C@]3(C)C(=CC[C@@H]4[C@@]5(C)CC[C@H](O[C@@H]6O[C@H](C(=O)O)[C@@H](O[C@@H]7O[C@H](CO)[C@@H](O)[C@H](O)[C@H]7O)[C@H](O)[C@H]6O[C@@H]6OC[C@@H](O)[C@H](O)[C@H]6O)[C@](C)(CO)[C@@H]5CC[C@]43C)[C@@H]2CC1(C)C. The van der Waals surface area contributed by atoms with Crippen LogP contribution in [0.25, 0.3) is 0 Å². The second-order valence-electron chi connectivity index (χ2n) is 25.1. The van der Waals surface area contributed by atoms with Crippen LogP contribution >= 0.6 is 0 Å². The predicted octanol–water partition coefficient (Wildman–Crippen LogP) is -0.682. The first kappa shape index (κ1) is 60.3. The number of carboxylic acid groups (broad SMARTS) is 1. The van der Waals surface area contributed by atoms with Gasteiger partial charge in [0.15, 0.2) is 25.0 Å². The van der Waals surface area contributed by atoms with Gasteiger partial charge in [-0.25, -0.2) is 9.59 Å². The maximum Gasteiger partial charge on any atom is 0.335 e. The number of allylic oxidation sites excluding steroid dienone is 3. The molecule has 7 fully saturated rings. The first-order chi connectivity index (χ1) is 36.0. The van der Waals surface area contributed by atoms with Gasteiger partial charge < -0.3 is 99.2 Å². The van der Waals surface area contributed by atoms with Crippen LogP contribution in [0.2, 0.25) is 0 Å². The molecule has 23 heteroatoms. The smallest absolute Gasteiger partial charge is 0.335 e. The maximum atomic E-state index is 13.4. The summed E-state index contributed by atoms with van der Waals surface area (Å²) < 4.78 is 48.0. The lowest BCUT2D eigenvalue weighted by Gasteiger charge is -2.72. The monoisotopic (exact) mass is 1100 g/mol. The fourth-order valence-corrected chi connectivity index (χ4v) is 16.0. The molecule has 12 N–H and O–H groups in total. The molecule has 0 radical (unpaired) electrons. The Balaban J connectivity index is 1.11. The minimum absolute atomic E-state index is 0.0613. The summed E-state index contributed by atoms with van der Waals surface area (Å²) in [6, 6.07) is 0. The molecule has 8 aliphatic rings. The van der Waals surface area contributed by atoms with E-state index in [9.17, 15) is 75.7 Å². The number of fused-ring (bicyclic) bond motifs is 7. The average molecular weight is 1100 g/mol. The van der Waals surface area contributed by atoms with Gasteiger partial charge in [0.2, 0.25) is 0 Å². The largest absolute Gasteiger partial charge is 0.479 e. The van der Waals surface area contributed by atoms with Crippen molar-refractivity contribution in [1.29, 1.82) is 0 Å². The highest BCUT2D eigenvalue weighted by molar-refractivity contribution is 5.87. The quantitative estimate of drug-likeness (QED) is 0.0470. The van der Waals surface area contributed by atoms with E-state index in [-0.39, 0.29) is 24.7 Å². The highest BCUT2D eigenvalue weighted by Gasteiger charge is 2.74. The molecule has 26 atom stereocenters. The fourth-order valence-electron chi connectivity index (χ4n) is 16.0. The van der Waals surface area contributed by atoms with E-state index in [1.165, 1.54) is 6.92 Å². The second kappa shape index (κ2) is 21.8. The van der Waals surface area contributed by atoms with Crippen LogP contribution < -0.4 is 0 Å². The van der Waals surface area contributed by atoms with Gasteiger partial charge >= 0.3 is 17.9 Å². The minimum Gasteiger partial charge on any atom is -0.479 e. The second-order valence-corrected chi connectivity index (χ2v) is 25.1. The van der Waals surface area contributed by atoms with Crippen molar-refractivity contribution in [1.82, 2.24) is 0 Å². The number of aliphatic hydroxyl groups excluding tert-OH is 11. The summed E-state index contributed by atoms with van der Waals surface area (Å²) in [4.78, 5) is 39.4. The first-order valence-corrected chi connectivity index (χ1v) is 27.1. The lowest BCUT2D eigenvalue weighted by atomic mass is 9.33. The van der Waals surface area contributed by atoms with Crippen LogP contribution in [0.1, 0.15) is 107 Å². The van der Waals surface area contributed by atoms with Gasteiger partial charge in [-0.3, -0.25) is 4.79 Å². The number of aliphatic carboxylic acids is 1. The Bertz CT molecular complexity index is 2240. The Hall–Kier alpha value is -2.79. The molecule has 3 aliphatic heterocycles. The van der Waals surface area contributed by atoms with Gasteiger partial charge in [0.05, 0.1) is 44.1 Å². The zero-order chi connectivity index (χ0) is 56.9. The van der Waals surface area contributed by atoms with Crippen molar-refractivity contribution >= 4 is 17.9 Å². The van der Waals surface area contributed by atoms with Crippen molar-refractivity contribution in [2.24, 2.45) is 50.2 Å². The number of ether oxygens (including phenoxy) is 8. The van der Waals surface area contributed by atoms with Crippen molar-refractivity contribution in [3.05, 3.63) is 23.3 Å². The van der Waals surface area contributed by atoms with Crippen LogP contribution in [0.4, 0.5) is 0 Å². The molecule has 438 valence electrons. The van der Waals surface area contributed by atoms with E-state index in [1.54, 1.807) is 19.9 Å². The van der Waals surface area contributed by atoms with Crippen LogP contribution in [0.15, 0.2) is 23.3 Å². The van der Waals surface area contributed by atoms with Crippen molar-refractivity contribution in [3.8, 4) is 0 Å². The van der Waals surface area contributed by atoms with Crippen LogP contribution in [-0.2, 0) is 52.3 Å². The molecule has 77 heavy (non-hydrogen) atoms. The van der Waals surface area contributed by atoms with Crippen LogP contribution in [0.3, 0.4) is 0 Å². The summed E-state index contributed by atoms with van der Waals surface area (Å²) in [5.41, 5.74) is -3.63. The van der Waals surface area contributed by atoms with E-state index in [0.717, 1.165) is 5.57 Å². The molecular weight excluding hydrogens is 1020 g/mol. The third kappa shape index (κ3) is 9.64. The summed E-state index contributed by atoms with van der Waals surface area (Å²) in [6.45, 7) is 14.6. The van der Waals surface area contributed by atoms with Crippen molar-refractivity contribution in [2.45, 2.75) is 218 Å². The predicted molar refractivity (Wildman–Crippen MR) is 263 cm³/mol. The number of carbonyl (C=O) groups is 3. The Morgan fingerprint density at radius 2 is 1.38 bits per heavy atom. The van der Waals surface area contributed by atoms with Crippen molar-refractivity contribution in [3.63, 3.8) is 0 Å². The van der Waals surface area contributed by atoms with E-state index in [1.807, 2.05) is 20.8 Å².